The number of ether oxygens (including phenoxy) is 2. The third kappa shape index (κ3) is 4.13. The van der Waals surface area contributed by atoms with Crippen LogP contribution < -0.4 is 4.74 Å². The summed E-state index contributed by atoms with van der Waals surface area (Å²) in [6, 6.07) is 0. The number of nitrogens with zero attached hydrogens (tertiary/aromatic N) is 1. The number of hydrogen-bond donors (Lipinski definition) is 1. The Hall–Kier alpha value is -2.20. The number of esters is 1. The number of rotatable bonds is 3. The van der Waals surface area contributed by atoms with Crippen molar-refractivity contribution < 1.29 is 45.7 Å². The molecule has 0 saturated heterocycles. The van der Waals surface area contributed by atoms with Gasteiger partial charge >= 0.3 is 18.5 Å². The number of halogens is 6. The standard InChI is InChI=1S/C10H7F6NO4/c1-2-20-8(19)5-6(18)7(21-10(14,15)16)4(3-17-5)9(11,12)13/h3,18H,2H2,1H3. The summed E-state index contributed by atoms with van der Waals surface area (Å²) in [5.41, 5.74) is -3.10. The monoisotopic (exact) mass is 319 g/mol. The van der Waals surface area contributed by atoms with E-state index in [1.165, 1.54) is 6.92 Å². The summed E-state index contributed by atoms with van der Waals surface area (Å²) in [5, 5.41) is 9.41. The molecule has 0 unspecified atom stereocenters. The summed E-state index contributed by atoms with van der Waals surface area (Å²) in [4.78, 5) is 14.2. The molecule has 118 valence electrons. The highest BCUT2D eigenvalue weighted by Crippen LogP contribution is 2.44. The molecular formula is C10H7F6NO4. The van der Waals surface area contributed by atoms with Gasteiger partial charge in [0, 0.05) is 6.20 Å². The van der Waals surface area contributed by atoms with Crippen LogP contribution in [0.1, 0.15) is 23.0 Å². The maximum Gasteiger partial charge on any atom is 0.573 e. The summed E-state index contributed by atoms with van der Waals surface area (Å²) in [6.07, 6.45) is -10.9. The Bertz CT molecular complexity index is 540. The van der Waals surface area contributed by atoms with Gasteiger partial charge in [0.25, 0.3) is 0 Å². The Morgan fingerprint density at radius 1 is 1.29 bits per heavy atom. The molecule has 21 heavy (non-hydrogen) atoms. The van der Waals surface area contributed by atoms with Gasteiger partial charge in [0.05, 0.1) is 6.61 Å². The molecule has 0 aliphatic carbocycles. The molecule has 11 heteroatoms. The Labute approximate surface area is 113 Å². The first-order chi connectivity index (χ1) is 9.47. The van der Waals surface area contributed by atoms with Crippen molar-refractivity contribution >= 4 is 5.97 Å². The molecule has 0 bridgehead atoms. The van der Waals surface area contributed by atoms with Crippen molar-refractivity contribution in [2.24, 2.45) is 0 Å². The lowest BCUT2D eigenvalue weighted by Gasteiger charge is -2.17. The minimum absolute atomic E-state index is 0.0625. The van der Waals surface area contributed by atoms with E-state index in [2.05, 4.69) is 14.5 Å². The van der Waals surface area contributed by atoms with Crippen molar-refractivity contribution in [2.45, 2.75) is 19.5 Å². The van der Waals surface area contributed by atoms with E-state index in [4.69, 9.17) is 0 Å². The number of carbonyl (C=O) groups is 1. The van der Waals surface area contributed by atoms with Gasteiger partial charge in [-0.1, -0.05) is 0 Å². The fourth-order valence-electron chi connectivity index (χ4n) is 1.25. The van der Waals surface area contributed by atoms with Crippen LogP contribution in [-0.4, -0.2) is 29.0 Å². The van der Waals surface area contributed by atoms with Gasteiger partial charge in [0.15, 0.2) is 17.2 Å². The van der Waals surface area contributed by atoms with E-state index < -0.39 is 41.3 Å². The average Bonchev–Trinajstić information content (AvgIpc) is 2.28. The second kappa shape index (κ2) is 5.66. The first-order valence-corrected chi connectivity index (χ1v) is 5.19. The largest absolute Gasteiger partial charge is 0.573 e. The molecular weight excluding hydrogens is 312 g/mol. The number of aromatic hydroxyl groups is 1. The van der Waals surface area contributed by atoms with Crippen LogP contribution in [0.15, 0.2) is 6.20 Å². The fourth-order valence-corrected chi connectivity index (χ4v) is 1.25. The molecule has 1 rings (SSSR count). The fraction of sp³-hybridized carbons (Fsp3) is 0.400. The third-order valence-corrected chi connectivity index (χ3v) is 2.00. The van der Waals surface area contributed by atoms with Crippen molar-refractivity contribution in [3.8, 4) is 11.5 Å². The van der Waals surface area contributed by atoms with E-state index in [1.807, 2.05) is 0 Å². The molecule has 0 spiro atoms. The zero-order valence-corrected chi connectivity index (χ0v) is 10.2. The molecule has 0 aromatic carbocycles. The van der Waals surface area contributed by atoms with Gasteiger partial charge in [-0.3, -0.25) is 0 Å². The molecule has 0 amide bonds. The van der Waals surface area contributed by atoms with E-state index in [-0.39, 0.29) is 12.8 Å². The van der Waals surface area contributed by atoms with E-state index >= 15 is 0 Å². The Balaban J connectivity index is 3.45. The molecule has 0 fully saturated rings. The van der Waals surface area contributed by atoms with Crippen LogP contribution in [-0.2, 0) is 10.9 Å². The van der Waals surface area contributed by atoms with Crippen LogP contribution in [0.2, 0.25) is 0 Å². The van der Waals surface area contributed by atoms with E-state index in [0.717, 1.165) is 0 Å². The maximum absolute atomic E-state index is 12.6. The quantitative estimate of drug-likeness (QED) is 0.685. The molecule has 0 aliphatic heterocycles. The first-order valence-electron chi connectivity index (χ1n) is 5.19. The van der Waals surface area contributed by atoms with Crippen LogP contribution in [0.5, 0.6) is 11.5 Å². The minimum atomic E-state index is -5.51. The van der Waals surface area contributed by atoms with Gasteiger partial charge in [-0.15, -0.1) is 13.2 Å². The Morgan fingerprint density at radius 2 is 1.86 bits per heavy atom. The topological polar surface area (TPSA) is 68.7 Å². The molecule has 1 N–H and O–H groups in total. The van der Waals surface area contributed by atoms with Crippen LogP contribution >= 0.6 is 0 Å². The van der Waals surface area contributed by atoms with E-state index in [9.17, 15) is 36.2 Å². The maximum atomic E-state index is 12.6. The summed E-state index contributed by atoms with van der Waals surface area (Å²) < 4.78 is 81.6. The predicted octanol–water partition coefficient (Wildman–Crippen LogP) is 2.88. The first kappa shape index (κ1) is 16.9. The third-order valence-electron chi connectivity index (χ3n) is 2.00. The van der Waals surface area contributed by atoms with Gasteiger partial charge in [-0.25, -0.2) is 9.78 Å². The van der Waals surface area contributed by atoms with Crippen LogP contribution in [0.4, 0.5) is 26.3 Å². The lowest BCUT2D eigenvalue weighted by atomic mass is 10.2. The highest BCUT2D eigenvalue weighted by Gasteiger charge is 2.42. The second-order valence-corrected chi connectivity index (χ2v) is 3.46. The van der Waals surface area contributed by atoms with Crippen molar-refractivity contribution in [2.75, 3.05) is 6.61 Å². The molecule has 5 nitrogen and oxygen atoms in total. The zero-order valence-electron chi connectivity index (χ0n) is 10.2. The molecule has 0 saturated carbocycles. The summed E-state index contributed by atoms with van der Waals surface area (Å²) in [5.74, 6) is -5.07. The zero-order chi connectivity index (χ0) is 16.4. The molecule has 1 aromatic heterocycles. The lowest BCUT2D eigenvalue weighted by molar-refractivity contribution is -0.276. The smallest absolute Gasteiger partial charge is 0.503 e. The van der Waals surface area contributed by atoms with Crippen LogP contribution in [0.3, 0.4) is 0 Å². The minimum Gasteiger partial charge on any atom is -0.503 e. The highest BCUT2D eigenvalue weighted by molar-refractivity contribution is 5.91. The number of aromatic nitrogens is 1. The van der Waals surface area contributed by atoms with Crippen LogP contribution in [0, 0.1) is 0 Å². The summed E-state index contributed by atoms with van der Waals surface area (Å²) >= 11 is 0. The molecule has 0 atom stereocenters. The molecule has 1 aromatic rings. The second-order valence-electron chi connectivity index (χ2n) is 3.46. The predicted molar refractivity (Wildman–Crippen MR) is 53.5 cm³/mol. The van der Waals surface area contributed by atoms with Gasteiger partial charge in [0.2, 0.25) is 0 Å². The van der Waals surface area contributed by atoms with Crippen molar-refractivity contribution in [1.82, 2.24) is 4.98 Å². The SMILES string of the molecule is CCOC(=O)c1ncc(C(F)(F)F)c(OC(F)(F)F)c1O. The van der Waals surface area contributed by atoms with Crippen molar-refractivity contribution in [3.63, 3.8) is 0 Å². The van der Waals surface area contributed by atoms with Gasteiger partial charge in [-0.2, -0.15) is 13.2 Å². The highest BCUT2D eigenvalue weighted by atomic mass is 19.4. The van der Waals surface area contributed by atoms with Gasteiger partial charge < -0.3 is 14.6 Å². The van der Waals surface area contributed by atoms with Gasteiger partial charge in [-0.05, 0) is 6.92 Å². The summed E-state index contributed by atoms with van der Waals surface area (Å²) in [6.45, 7) is 1.11. The van der Waals surface area contributed by atoms with Crippen LogP contribution in [0.25, 0.3) is 0 Å². The van der Waals surface area contributed by atoms with Gasteiger partial charge in [0.1, 0.15) is 5.56 Å². The van der Waals surface area contributed by atoms with E-state index in [0.29, 0.717) is 0 Å². The number of hydrogen-bond acceptors (Lipinski definition) is 5. The Morgan fingerprint density at radius 3 is 2.29 bits per heavy atom. The number of alkyl halides is 6. The van der Waals surface area contributed by atoms with E-state index in [1.54, 1.807) is 0 Å². The average molecular weight is 319 g/mol. The molecule has 1 heterocycles. The lowest BCUT2D eigenvalue weighted by Crippen LogP contribution is -2.21. The molecule has 0 radical (unpaired) electrons. The van der Waals surface area contributed by atoms with Crippen molar-refractivity contribution in [1.29, 1.82) is 0 Å². The number of pyridine rings is 1. The summed E-state index contributed by atoms with van der Waals surface area (Å²) in [7, 11) is 0. The number of carbonyl (C=O) groups excluding carboxylic acids is 1. The molecule has 0 aliphatic rings. The van der Waals surface area contributed by atoms with Crippen molar-refractivity contribution in [3.05, 3.63) is 17.5 Å². The Kier molecular flexibility index (Phi) is 4.54. The normalized spacial score (nSPS) is 12.1.